The summed E-state index contributed by atoms with van der Waals surface area (Å²) < 4.78 is 0. The molecule has 0 unspecified atom stereocenters. The highest BCUT2D eigenvalue weighted by molar-refractivity contribution is 6.32. The summed E-state index contributed by atoms with van der Waals surface area (Å²) in [7, 11) is 0. The lowest BCUT2D eigenvalue weighted by atomic mass is 10.1. The van der Waals surface area contributed by atoms with Gasteiger partial charge in [0.05, 0.1) is 16.9 Å². The van der Waals surface area contributed by atoms with Gasteiger partial charge in [-0.2, -0.15) is 0 Å². The minimum absolute atomic E-state index is 0.127. The van der Waals surface area contributed by atoms with Gasteiger partial charge in [0.25, 0.3) is 0 Å². The Bertz CT molecular complexity index is 1210. The Morgan fingerprint density at radius 2 is 1.62 bits per heavy atom. The van der Waals surface area contributed by atoms with Crippen molar-refractivity contribution in [2.45, 2.75) is 0 Å². The number of aromatic nitrogens is 3. The molecule has 4 rings (SSSR count). The molecule has 0 bridgehead atoms. The molecular weight excluding hydrogens is 431 g/mol. The van der Waals surface area contributed by atoms with E-state index in [2.05, 4.69) is 20.3 Å². The van der Waals surface area contributed by atoms with Crippen LogP contribution < -0.4 is 5.32 Å². The van der Waals surface area contributed by atoms with Crippen LogP contribution in [0.3, 0.4) is 0 Å². The summed E-state index contributed by atoms with van der Waals surface area (Å²) in [5.74, 6) is -0.488. The van der Waals surface area contributed by atoms with Crippen LogP contribution in [0.5, 0.6) is 0 Å². The van der Waals surface area contributed by atoms with Crippen molar-refractivity contribution < 1.29 is 4.79 Å². The Balaban J connectivity index is 1.89. The van der Waals surface area contributed by atoms with Crippen LogP contribution in [0.2, 0.25) is 10.2 Å². The Hall–Kier alpha value is -2.73. The van der Waals surface area contributed by atoms with E-state index < -0.39 is 5.91 Å². The first-order chi connectivity index (χ1) is 14.0. The van der Waals surface area contributed by atoms with Crippen LogP contribution in [0.15, 0.2) is 60.7 Å². The number of nitrogens with one attached hydrogen (secondary N) is 1. The minimum atomic E-state index is -0.409. The van der Waals surface area contributed by atoms with E-state index in [4.69, 9.17) is 34.8 Å². The number of halogens is 3. The van der Waals surface area contributed by atoms with Gasteiger partial charge in [-0.05, 0) is 30.3 Å². The van der Waals surface area contributed by atoms with Crippen LogP contribution in [-0.2, 0) is 4.79 Å². The summed E-state index contributed by atoms with van der Waals surface area (Å²) in [4.78, 5) is 25.1. The van der Waals surface area contributed by atoms with E-state index in [0.29, 0.717) is 27.1 Å². The summed E-state index contributed by atoms with van der Waals surface area (Å²) in [6.45, 7) is 0. The number of para-hydroxylation sites is 1. The number of benzene rings is 2. The summed E-state index contributed by atoms with van der Waals surface area (Å²) in [5.41, 5.74) is 3.34. The van der Waals surface area contributed by atoms with E-state index in [-0.39, 0.29) is 11.8 Å². The molecule has 8 heteroatoms. The molecule has 0 saturated carbocycles. The second-order valence-electron chi connectivity index (χ2n) is 6.17. The van der Waals surface area contributed by atoms with Gasteiger partial charge in [0.2, 0.25) is 11.9 Å². The van der Waals surface area contributed by atoms with Crippen molar-refractivity contribution in [1.29, 1.82) is 0 Å². The number of alkyl halides is 1. The van der Waals surface area contributed by atoms with Crippen LogP contribution in [0, 0.1) is 0 Å². The highest BCUT2D eigenvalue weighted by atomic mass is 35.5. The van der Waals surface area contributed by atoms with E-state index in [0.717, 1.165) is 16.5 Å². The number of nitrogens with zero attached hydrogens (tertiary/aromatic N) is 3. The predicted octanol–water partition coefficient (Wildman–Crippen LogP) is 5.84. The first-order valence-corrected chi connectivity index (χ1v) is 9.89. The van der Waals surface area contributed by atoms with E-state index in [9.17, 15) is 4.79 Å². The molecule has 0 saturated heterocycles. The maximum absolute atomic E-state index is 11.8. The largest absolute Gasteiger partial charge is 0.293 e. The zero-order valence-corrected chi connectivity index (χ0v) is 17.1. The van der Waals surface area contributed by atoms with Crippen molar-refractivity contribution in [2.75, 3.05) is 11.2 Å². The van der Waals surface area contributed by atoms with Crippen molar-refractivity contribution >= 4 is 57.6 Å². The molecule has 0 aliphatic carbocycles. The molecule has 0 fully saturated rings. The Labute approximate surface area is 181 Å². The average Bonchev–Trinajstić information content (AvgIpc) is 2.73. The number of anilines is 1. The molecule has 5 nitrogen and oxygen atoms in total. The van der Waals surface area contributed by atoms with E-state index in [1.807, 2.05) is 42.5 Å². The fourth-order valence-electron chi connectivity index (χ4n) is 2.84. The lowest BCUT2D eigenvalue weighted by molar-refractivity contribution is -0.114. The van der Waals surface area contributed by atoms with Crippen LogP contribution in [0.1, 0.15) is 0 Å². The van der Waals surface area contributed by atoms with E-state index in [1.54, 1.807) is 18.2 Å². The highest BCUT2D eigenvalue weighted by Crippen LogP contribution is 2.32. The van der Waals surface area contributed by atoms with Gasteiger partial charge >= 0.3 is 0 Å². The summed E-state index contributed by atoms with van der Waals surface area (Å²) in [5, 5.41) is 4.43. The molecule has 2 heterocycles. The number of carbonyl (C=O) groups is 1. The van der Waals surface area contributed by atoms with Gasteiger partial charge in [-0.1, -0.05) is 53.5 Å². The highest BCUT2D eigenvalue weighted by Gasteiger charge is 2.14. The quantitative estimate of drug-likeness (QED) is 0.318. The van der Waals surface area contributed by atoms with Gasteiger partial charge < -0.3 is 0 Å². The second kappa shape index (κ2) is 8.33. The Morgan fingerprint density at radius 1 is 0.897 bits per heavy atom. The third kappa shape index (κ3) is 4.32. The smallest absolute Gasteiger partial charge is 0.241 e. The standard InChI is InChI=1S/C21H13Cl3N4O/c22-11-19(29)28-21-26-17(12-5-7-14(23)8-6-12)10-18(27-21)15-9-13-3-1-2-4-16(13)25-20(15)24/h1-10H,11H2,(H,26,27,28,29). The molecule has 29 heavy (non-hydrogen) atoms. The van der Waals surface area contributed by atoms with Gasteiger partial charge in [0.15, 0.2) is 0 Å². The van der Waals surface area contributed by atoms with Crippen molar-refractivity contribution in [3.8, 4) is 22.5 Å². The molecule has 2 aromatic heterocycles. The molecule has 2 aromatic carbocycles. The molecule has 0 aliphatic rings. The summed E-state index contributed by atoms with van der Waals surface area (Å²) in [6.07, 6.45) is 0. The predicted molar refractivity (Wildman–Crippen MR) is 118 cm³/mol. The molecular formula is C21H13Cl3N4O. The number of hydrogen-bond acceptors (Lipinski definition) is 4. The van der Waals surface area contributed by atoms with Crippen LogP contribution in [0.25, 0.3) is 33.4 Å². The van der Waals surface area contributed by atoms with Crippen LogP contribution >= 0.6 is 34.8 Å². The molecule has 144 valence electrons. The van der Waals surface area contributed by atoms with Gasteiger partial charge in [-0.15, -0.1) is 11.6 Å². The molecule has 0 spiro atoms. The lowest BCUT2D eigenvalue weighted by Crippen LogP contribution is -2.15. The van der Waals surface area contributed by atoms with Gasteiger partial charge in [0.1, 0.15) is 11.0 Å². The average molecular weight is 444 g/mol. The first kappa shape index (κ1) is 19.6. The zero-order valence-electron chi connectivity index (χ0n) is 14.9. The number of amides is 1. The second-order valence-corrected chi connectivity index (χ2v) is 7.23. The van der Waals surface area contributed by atoms with Crippen LogP contribution in [0.4, 0.5) is 5.95 Å². The van der Waals surface area contributed by atoms with Crippen molar-refractivity contribution in [1.82, 2.24) is 15.0 Å². The number of fused-ring (bicyclic) bond motifs is 1. The lowest BCUT2D eigenvalue weighted by Gasteiger charge is -2.11. The molecule has 0 aliphatic heterocycles. The minimum Gasteiger partial charge on any atom is -0.293 e. The van der Waals surface area contributed by atoms with Gasteiger partial charge in [0, 0.05) is 21.5 Å². The van der Waals surface area contributed by atoms with Crippen molar-refractivity contribution in [3.05, 3.63) is 70.8 Å². The van der Waals surface area contributed by atoms with Gasteiger partial charge in [-0.3, -0.25) is 10.1 Å². The van der Waals surface area contributed by atoms with E-state index in [1.165, 1.54) is 0 Å². The first-order valence-electron chi connectivity index (χ1n) is 8.60. The normalized spacial score (nSPS) is 10.9. The molecule has 1 amide bonds. The number of rotatable bonds is 4. The molecule has 0 radical (unpaired) electrons. The monoisotopic (exact) mass is 442 g/mol. The van der Waals surface area contributed by atoms with Gasteiger partial charge in [-0.25, -0.2) is 15.0 Å². The SMILES string of the molecule is O=C(CCl)Nc1nc(-c2ccc(Cl)cc2)cc(-c2cc3ccccc3nc2Cl)n1. The molecule has 4 aromatic rings. The maximum Gasteiger partial charge on any atom is 0.241 e. The third-order valence-corrected chi connectivity index (χ3v) is 4.97. The van der Waals surface area contributed by atoms with Crippen molar-refractivity contribution in [2.24, 2.45) is 0 Å². The maximum atomic E-state index is 11.8. The van der Waals surface area contributed by atoms with E-state index >= 15 is 0 Å². The molecule has 0 atom stereocenters. The van der Waals surface area contributed by atoms with Crippen molar-refractivity contribution in [3.63, 3.8) is 0 Å². The topological polar surface area (TPSA) is 67.8 Å². The number of hydrogen-bond donors (Lipinski definition) is 1. The number of pyridine rings is 1. The molecule has 1 N–H and O–H groups in total. The zero-order chi connectivity index (χ0) is 20.4. The Kier molecular flexibility index (Phi) is 5.62. The fourth-order valence-corrected chi connectivity index (χ4v) is 3.28. The summed E-state index contributed by atoms with van der Waals surface area (Å²) in [6, 6.07) is 18.5. The fraction of sp³-hybridized carbons (Fsp3) is 0.0476. The van der Waals surface area contributed by atoms with Crippen LogP contribution in [-0.4, -0.2) is 26.7 Å². The third-order valence-electron chi connectivity index (χ3n) is 4.19. The Morgan fingerprint density at radius 3 is 2.38 bits per heavy atom. The number of carbonyl (C=O) groups excluding carboxylic acids is 1. The summed E-state index contributed by atoms with van der Waals surface area (Å²) >= 11 is 18.0.